The van der Waals surface area contributed by atoms with Gasteiger partial charge in [-0.2, -0.15) is 5.10 Å². The molecule has 0 unspecified atom stereocenters. The number of nitrogens with one attached hydrogen (secondary N) is 2. The fourth-order valence-electron chi connectivity index (χ4n) is 3.16. The maximum absolute atomic E-state index is 12.5. The number of piperidine rings is 1. The van der Waals surface area contributed by atoms with Gasteiger partial charge in [0.2, 0.25) is 9.84 Å². The average molecular weight is 373 g/mol. The summed E-state index contributed by atoms with van der Waals surface area (Å²) in [5.74, 6) is 0.501. The number of nitrogens with two attached hydrogens (primary N) is 1. The van der Waals surface area contributed by atoms with E-state index in [1.165, 1.54) is 0 Å². The predicted octanol–water partition coefficient (Wildman–Crippen LogP) is 1.25. The second-order valence-electron chi connectivity index (χ2n) is 6.19. The normalized spacial score (nSPS) is 16.2. The highest BCUT2D eigenvalue weighted by atomic mass is 32.2. The Kier molecular flexibility index (Phi) is 4.00. The minimum absolute atomic E-state index is 0.101. The molecule has 26 heavy (non-hydrogen) atoms. The first-order chi connectivity index (χ1) is 12.5. The first-order valence-corrected chi connectivity index (χ1v) is 9.82. The maximum atomic E-state index is 12.5. The smallest absolute Gasteiger partial charge is 0.219 e. The van der Waals surface area contributed by atoms with Gasteiger partial charge in [-0.3, -0.25) is 4.68 Å². The molecule has 0 aliphatic carbocycles. The molecule has 3 aromatic rings. The van der Waals surface area contributed by atoms with Crippen molar-refractivity contribution in [1.82, 2.24) is 30.0 Å². The largest absolute Gasteiger partial charge is 0.383 e. The van der Waals surface area contributed by atoms with E-state index in [0.717, 1.165) is 31.3 Å². The van der Waals surface area contributed by atoms with Crippen LogP contribution in [-0.2, 0) is 9.84 Å². The number of sulfone groups is 1. The van der Waals surface area contributed by atoms with E-state index in [4.69, 9.17) is 5.73 Å². The number of fused-ring (bicyclic) bond motifs is 1. The van der Waals surface area contributed by atoms with Crippen LogP contribution in [0.5, 0.6) is 0 Å². The number of hydrogen-bond acceptors (Lipinski definition) is 7. The van der Waals surface area contributed by atoms with Crippen molar-refractivity contribution in [3.8, 4) is 11.4 Å². The Morgan fingerprint density at radius 2 is 2.08 bits per heavy atom. The van der Waals surface area contributed by atoms with Crippen molar-refractivity contribution >= 4 is 26.7 Å². The number of nitrogens with zero attached hydrogens (tertiary/aromatic N) is 4. The van der Waals surface area contributed by atoms with Crippen molar-refractivity contribution in [3.05, 3.63) is 30.4 Å². The molecule has 9 nitrogen and oxygen atoms in total. The Bertz CT molecular complexity index is 1080. The van der Waals surface area contributed by atoms with Crippen molar-refractivity contribution in [1.29, 1.82) is 0 Å². The van der Waals surface area contributed by atoms with Gasteiger partial charge in [-0.15, -0.1) is 0 Å². The summed E-state index contributed by atoms with van der Waals surface area (Å²) < 4.78 is 26.7. The van der Waals surface area contributed by atoms with Gasteiger partial charge < -0.3 is 16.0 Å². The van der Waals surface area contributed by atoms with E-state index >= 15 is 0 Å². The lowest BCUT2D eigenvalue weighted by atomic mass is 10.1. The molecule has 0 bridgehead atoms. The zero-order valence-electron chi connectivity index (χ0n) is 14.0. The van der Waals surface area contributed by atoms with E-state index in [1.807, 2.05) is 0 Å². The quantitative estimate of drug-likeness (QED) is 0.627. The Morgan fingerprint density at radius 1 is 1.31 bits per heavy atom. The highest BCUT2D eigenvalue weighted by Gasteiger charge is 2.27. The lowest BCUT2D eigenvalue weighted by Gasteiger charge is -2.22. The number of anilines is 1. The van der Waals surface area contributed by atoms with Crippen LogP contribution in [0, 0.1) is 0 Å². The highest BCUT2D eigenvalue weighted by molar-refractivity contribution is 7.94. The molecular weight excluding hydrogens is 354 g/mol. The Labute approximate surface area is 150 Å². The molecule has 1 aliphatic heterocycles. The second-order valence-corrected chi connectivity index (χ2v) is 8.00. The fourth-order valence-corrected chi connectivity index (χ4v) is 3.98. The maximum Gasteiger partial charge on any atom is 0.219 e. The number of aromatic amines is 1. The van der Waals surface area contributed by atoms with Crippen molar-refractivity contribution in [2.45, 2.75) is 23.9 Å². The zero-order valence-corrected chi connectivity index (χ0v) is 14.8. The fraction of sp³-hybridized carbons (Fsp3) is 0.312. The summed E-state index contributed by atoms with van der Waals surface area (Å²) in [4.78, 5) is 11.7. The number of aromatic nitrogens is 5. The molecule has 4 rings (SSSR count). The molecule has 4 heterocycles. The van der Waals surface area contributed by atoms with Crippen LogP contribution in [0.1, 0.15) is 18.9 Å². The van der Waals surface area contributed by atoms with Crippen LogP contribution in [0.3, 0.4) is 0 Å². The third-order valence-corrected chi connectivity index (χ3v) is 5.84. The van der Waals surface area contributed by atoms with E-state index in [0.29, 0.717) is 16.6 Å². The average Bonchev–Trinajstić information content (AvgIpc) is 3.30. The molecule has 1 aliphatic rings. The van der Waals surface area contributed by atoms with E-state index in [-0.39, 0.29) is 22.7 Å². The lowest BCUT2D eigenvalue weighted by molar-refractivity contribution is 0.339. The number of H-pyrrole nitrogens is 1. The molecule has 1 fully saturated rings. The summed E-state index contributed by atoms with van der Waals surface area (Å²) in [5, 5.41) is 9.11. The van der Waals surface area contributed by atoms with E-state index in [2.05, 4.69) is 31.9 Å². The molecule has 1 saturated heterocycles. The van der Waals surface area contributed by atoms with Gasteiger partial charge in [-0.05, 0) is 32.0 Å². The minimum Gasteiger partial charge on any atom is -0.383 e. The van der Waals surface area contributed by atoms with Crippen LogP contribution < -0.4 is 11.1 Å². The van der Waals surface area contributed by atoms with E-state index in [1.54, 1.807) is 23.1 Å². The van der Waals surface area contributed by atoms with Crippen molar-refractivity contribution in [2.75, 3.05) is 18.8 Å². The van der Waals surface area contributed by atoms with Gasteiger partial charge in [0.1, 0.15) is 11.5 Å². The van der Waals surface area contributed by atoms with Gasteiger partial charge in [0.15, 0.2) is 10.9 Å². The van der Waals surface area contributed by atoms with Gasteiger partial charge in [-0.25, -0.2) is 18.4 Å². The third-order valence-electron chi connectivity index (χ3n) is 4.56. The summed E-state index contributed by atoms with van der Waals surface area (Å²) in [7, 11) is -3.76. The monoisotopic (exact) mass is 373 g/mol. The summed E-state index contributed by atoms with van der Waals surface area (Å²) in [6, 6.07) is 1.89. The second kappa shape index (κ2) is 6.22. The van der Waals surface area contributed by atoms with Crippen LogP contribution in [0.15, 0.2) is 35.5 Å². The summed E-state index contributed by atoms with van der Waals surface area (Å²) in [5.41, 5.74) is 6.87. The standard InChI is InChI=1S/C16H19N7O2S/c1-2-26(24,25)16-12(9-23(22-16)10-3-6-18-7-4-10)15-20-13(17)11-5-8-19-14(11)21-15/h2,5,8-10,18H,1,3-4,6-7H2,(H3,17,19,20,21). The van der Waals surface area contributed by atoms with Crippen LogP contribution in [-0.4, -0.2) is 46.2 Å². The molecule has 0 saturated carbocycles. The summed E-state index contributed by atoms with van der Waals surface area (Å²) in [6.45, 7) is 5.13. The lowest BCUT2D eigenvalue weighted by Crippen LogP contribution is -2.29. The Morgan fingerprint density at radius 3 is 2.81 bits per heavy atom. The molecule has 0 amide bonds. The molecule has 0 atom stereocenters. The molecular formula is C16H19N7O2S. The molecule has 3 aromatic heterocycles. The van der Waals surface area contributed by atoms with Crippen molar-refractivity contribution in [2.24, 2.45) is 0 Å². The van der Waals surface area contributed by atoms with E-state index in [9.17, 15) is 8.42 Å². The van der Waals surface area contributed by atoms with Crippen LogP contribution >= 0.6 is 0 Å². The number of nitrogen functional groups attached to an aromatic ring is 1. The molecule has 10 heteroatoms. The zero-order chi connectivity index (χ0) is 18.3. The van der Waals surface area contributed by atoms with Gasteiger partial charge in [0, 0.05) is 17.8 Å². The van der Waals surface area contributed by atoms with Crippen LogP contribution in [0.2, 0.25) is 0 Å². The predicted molar refractivity (Wildman–Crippen MR) is 98.0 cm³/mol. The number of hydrogen-bond donors (Lipinski definition) is 3. The van der Waals surface area contributed by atoms with Crippen molar-refractivity contribution in [3.63, 3.8) is 0 Å². The molecule has 0 radical (unpaired) electrons. The van der Waals surface area contributed by atoms with Gasteiger partial charge >= 0.3 is 0 Å². The van der Waals surface area contributed by atoms with Crippen molar-refractivity contribution < 1.29 is 8.42 Å². The Balaban J connectivity index is 1.90. The van der Waals surface area contributed by atoms with Crippen LogP contribution in [0.25, 0.3) is 22.4 Å². The topological polar surface area (TPSA) is 132 Å². The molecule has 4 N–H and O–H groups in total. The van der Waals surface area contributed by atoms with Gasteiger partial charge in [0.25, 0.3) is 0 Å². The Hall–Kier alpha value is -2.72. The highest BCUT2D eigenvalue weighted by Crippen LogP contribution is 2.30. The molecule has 0 aromatic carbocycles. The first-order valence-electron chi connectivity index (χ1n) is 8.28. The first kappa shape index (κ1) is 16.7. The van der Waals surface area contributed by atoms with E-state index < -0.39 is 9.84 Å². The van der Waals surface area contributed by atoms with Gasteiger partial charge in [-0.1, -0.05) is 6.58 Å². The SMILES string of the molecule is C=CS(=O)(=O)c1nn(C2CCNCC2)cc1-c1nc(N)c2cc[nH]c2n1. The minimum atomic E-state index is -3.76. The third kappa shape index (κ3) is 2.76. The van der Waals surface area contributed by atoms with Gasteiger partial charge in [0.05, 0.1) is 17.0 Å². The number of rotatable bonds is 4. The summed E-state index contributed by atoms with van der Waals surface area (Å²) >= 11 is 0. The molecule has 136 valence electrons. The molecule has 0 spiro atoms. The summed E-state index contributed by atoms with van der Waals surface area (Å²) in [6.07, 6.45) is 5.13. The van der Waals surface area contributed by atoms with Crippen LogP contribution in [0.4, 0.5) is 5.82 Å².